The van der Waals surface area contributed by atoms with Gasteiger partial charge in [0.2, 0.25) is 0 Å². The second-order valence-corrected chi connectivity index (χ2v) is 7.30. The van der Waals surface area contributed by atoms with Crippen LogP contribution in [-0.2, 0) is 0 Å². The normalized spacial score (nSPS) is 12.0. The van der Waals surface area contributed by atoms with Crippen LogP contribution in [0.4, 0.5) is 5.82 Å². The van der Waals surface area contributed by atoms with Crippen molar-refractivity contribution in [2.75, 3.05) is 11.9 Å². The third kappa shape index (κ3) is 4.06. The Balaban J connectivity index is 1.80. The summed E-state index contributed by atoms with van der Waals surface area (Å²) < 4.78 is 5.71. The molecule has 0 spiro atoms. The van der Waals surface area contributed by atoms with Crippen LogP contribution in [0, 0.1) is 13.8 Å². The lowest BCUT2D eigenvalue weighted by molar-refractivity contribution is 0.338. The van der Waals surface area contributed by atoms with Crippen molar-refractivity contribution in [3.05, 3.63) is 89.2 Å². The number of nitrogens with one attached hydrogen (secondary N) is 1. The van der Waals surface area contributed by atoms with Gasteiger partial charge in [-0.15, -0.1) is 0 Å². The monoisotopic (exact) mass is 399 g/mol. The van der Waals surface area contributed by atoms with Crippen LogP contribution in [0.15, 0.2) is 66.9 Å². The summed E-state index contributed by atoms with van der Waals surface area (Å²) in [5.41, 5.74) is 4.72. The highest BCUT2D eigenvalue weighted by Gasteiger charge is 2.17. The van der Waals surface area contributed by atoms with Gasteiger partial charge >= 0.3 is 0 Å². The maximum absolute atomic E-state index is 9.97. The van der Waals surface area contributed by atoms with Gasteiger partial charge in [-0.2, -0.15) is 0 Å². The topological polar surface area (TPSA) is 67.3 Å². The fourth-order valence-electron chi connectivity index (χ4n) is 3.57. The van der Waals surface area contributed by atoms with Gasteiger partial charge in [-0.3, -0.25) is 0 Å². The molecule has 0 aliphatic heterocycles. The van der Waals surface area contributed by atoms with E-state index in [4.69, 9.17) is 4.74 Å². The first kappa shape index (κ1) is 19.7. The molecule has 1 atom stereocenters. The van der Waals surface area contributed by atoms with Crippen LogP contribution in [0.5, 0.6) is 11.5 Å². The van der Waals surface area contributed by atoms with Gasteiger partial charge in [0.1, 0.15) is 17.3 Å². The van der Waals surface area contributed by atoms with Crippen molar-refractivity contribution >= 4 is 16.7 Å². The van der Waals surface area contributed by atoms with E-state index in [9.17, 15) is 5.11 Å². The smallest absolute Gasteiger partial charge is 0.137 e. The van der Waals surface area contributed by atoms with E-state index < -0.39 is 0 Å². The maximum atomic E-state index is 9.97. The Morgan fingerprint density at radius 3 is 2.53 bits per heavy atom. The summed E-state index contributed by atoms with van der Waals surface area (Å²) in [6, 6.07) is 19.8. The van der Waals surface area contributed by atoms with E-state index in [1.54, 1.807) is 19.2 Å². The molecular weight excluding hydrogens is 374 g/mol. The van der Waals surface area contributed by atoms with E-state index >= 15 is 0 Å². The molecule has 2 heterocycles. The minimum atomic E-state index is -0.116. The van der Waals surface area contributed by atoms with E-state index in [2.05, 4.69) is 46.5 Å². The van der Waals surface area contributed by atoms with Crippen LogP contribution in [0.2, 0.25) is 0 Å². The molecule has 4 rings (SSSR count). The maximum Gasteiger partial charge on any atom is 0.137 e. The first-order valence-electron chi connectivity index (χ1n) is 10.1. The van der Waals surface area contributed by atoms with Crippen molar-refractivity contribution in [2.45, 2.75) is 26.8 Å². The van der Waals surface area contributed by atoms with Gasteiger partial charge in [0.25, 0.3) is 0 Å². The molecule has 2 aromatic heterocycles. The van der Waals surface area contributed by atoms with Crippen molar-refractivity contribution in [1.82, 2.24) is 9.97 Å². The van der Waals surface area contributed by atoms with Gasteiger partial charge in [-0.25, -0.2) is 9.97 Å². The number of pyridine rings is 2. The van der Waals surface area contributed by atoms with Crippen molar-refractivity contribution < 1.29 is 9.84 Å². The SMILES string of the molecule is CCOc1ccc(C(Nc2ccccn2)c2ccc3cc(O)c(C)nc3c2)cc1C. The third-order valence-electron chi connectivity index (χ3n) is 5.13. The quantitative estimate of drug-likeness (QED) is 0.445. The Bertz CT molecular complexity index is 1180. The van der Waals surface area contributed by atoms with E-state index in [0.717, 1.165) is 39.2 Å². The first-order valence-corrected chi connectivity index (χ1v) is 10.1. The molecule has 0 fully saturated rings. The molecular formula is C25H25N3O2. The van der Waals surface area contributed by atoms with E-state index in [-0.39, 0.29) is 11.8 Å². The Morgan fingerprint density at radius 2 is 1.80 bits per heavy atom. The lowest BCUT2D eigenvalue weighted by Gasteiger charge is -2.22. The number of aryl methyl sites for hydroxylation is 2. The second-order valence-electron chi connectivity index (χ2n) is 7.30. The molecule has 0 radical (unpaired) electrons. The number of benzene rings is 2. The number of ether oxygens (including phenoxy) is 1. The highest BCUT2D eigenvalue weighted by molar-refractivity contribution is 5.81. The molecule has 152 valence electrons. The fourth-order valence-corrected chi connectivity index (χ4v) is 3.57. The molecule has 0 aliphatic carbocycles. The number of anilines is 1. The molecule has 0 bridgehead atoms. The Hall–Kier alpha value is -3.60. The average Bonchev–Trinajstić information content (AvgIpc) is 2.75. The highest BCUT2D eigenvalue weighted by Crippen LogP contribution is 2.32. The van der Waals surface area contributed by atoms with Crippen LogP contribution < -0.4 is 10.1 Å². The predicted molar refractivity (Wildman–Crippen MR) is 120 cm³/mol. The van der Waals surface area contributed by atoms with E-state index in [1.165, 1.54) is 0 Å². The van der Waals surface area contributed by atoms with Gasteiger partial charge in [-0.1, -0.05) is 24.3 Å². The van der Waals surface area contributed by atoms with E-state index in [0.29, 0.717) is 12.3 Å². The number of aromatic nitrogens is 2. The summed E-state index contributed by atoms with van der Waals surface area (Å²) in [6.45, 7) is 6.49. The first-order chi connectivity index (χ1) is 14.5. The average molecular weight is 399 g/mol. The highest BCUT2D eigenvalue weighted by atomic mass is 16.5. The minimum Gasteiger partial charge on any atom is -0.506 e. The third-order valence-corrected chi connectivity index (χ3v) is 5.13. The second kappa shape index (κ2) is 8.41. The Labute approximate surface area is 176 Å². The number of rotatable bonds is 6. The van der Waals surface area contributed by atoms with Crippen LogP contribution in [0.1, 0.15) is 35.3 Å². The van der Waals surface area contributed by atoms with Gasteiger partial charge in [0.05, 0.1) is 23.9 Å². The van der Waals surface area contributed by atoms with E-state index in [1.807, 2.05) is 37.3 Å². The molecule has 30 heavy (non-hydrogen) atoms. The van der Waals surface area contributed by atoms with Crippen LogP contribution in [0.25, 0.3) is 10.9 Å². The molecule has 5 heteroatoms. The molecule has 5 nitrogen and oxygen atoms in total. The molecule has 2 N–H and O–H groups in total. The van der Waals surface area contributed by atoms with Crippen molar-refractivity contribution in [2.24, 2.45) is 0 Å². The zero-order valence-corrected chi connectivity index (χ0v) is 17.4. The summed E-state index contributed by atoms with van der Waals surface area (Å²) in [5, 5.41) is 14.4. The van der Waals surface area contributed by atoms with Gasteiger partial charge < -0.3 is 15.2 Å². The molecule has 0 amide bonds. The standard InChI is InChI=1S/C25H25N3O2/c1-4-30-23-11-10-19(13-16(23)2)25(28-24-7-5-6-12-26-24)20-9-8-18-15-22(29)17(3)27-21(18)14-20/h5-15,25,29H,4H2,1-3H3,(H,26,28). The zero-order valence-electron chi connectivity index (χ0n) is 17.4. The van der Waals surface area contributed by atoms with Crippen molar-refractivity contribution in [1.29, 1.82) is 0 Å². The predicted octanol–water partition coefficient (Wildman–Crippen LogP) is 5.55. The lowest BCUT2D eigenvalue weighted by Crippen LogP contribution is -2.13. The van der Waals surface area contributed by atoms with Crippen LogP contribution in [-0.4, -0.2) is 21.7 Å². The van der Waals surface area contributed by atoms with Crippen molar-refractivity contribution in [3.63, 3.8) is 0 Å². The summed E-state index contributed by atoms with van der Waals surface area (Å²) in [4.78, 5) is 9.00. The van der Waals surface area contributed by atoms with Crippen molar-refractivity contribution in [3.8, 4) is 11.5 Å². The summed E-state index contributed by atoms with van der Waals surface area (Å²) in [5.74, 6) is 1.90. The van der Waals surface area contributed by atoms with Gasteiger partial charge in [-0.05, 0) is 73.9 Å². The molecule has 0 saturated heterocycles. The largest absolute Gasteiger partial charge is 0.506 e. The number of nitrogens with zero attached hydrogens (tertiary/aromatic N) is 2. The summed E-state index contributed by atoms with van der Waals surface area (Å²) in [6.07, 6.45) is 1.77. The zero-order chi connectivity index (χ0) is 21.1. The Kier molecular flexibility index (Phi) is 5.53. The number of aromatic hydroxyl groups is 1. The number of hydrogen-bond donors (Lipinski definition) is 2. The summed E-state index contributed by atoms with van der Waals surface area (Å²) in [7, 11) is 0. The minimum absolute atomic E-state index is 0.116. The molecule has 0 aliphatic rings. The lowest BCUT2D eigenvalue weighted by atomic mass is 9.95. The fraction of sp³-hybridized carbons (Fsp3) is 0.200. The van der Waals surface area contributed by atoms with Crippen LogP contribution in [0.3, 0.4) is 0 Å². The molecule has 4 aromatic rings. The Morgan fingerprint density at radius 1 is 1.00 bits per heavy atom. The van der Waals surface area contributed by atoms with Gasteiger partial charge in [0, 0.05) is 11.6 Å². The van der Waals surface area contributed by atoms with Crippen LogP contribution >= 0.6 is 0 Å². The van der Waals surface area contributed by atoms with Gasteiger partial charge in [0.15, 0.2) is 0 Å². The molecule has 0 saturated carbocycles. The molecule has 1 unspecified atom stereocenters. The number of hydrogen-bond acceptors (Lipinski definition) is 5. The molecule has 2 aromatic carbocycles. The summed E-state index contributed by atoms with van der Waals surface area (Å²) >= 11 is 0. The number of fused-ring (bicyclic) bond motifs is 1.